The van der Waals surface area contributed by atoms with Crippen LogP contribution < -0.4 is 10.6 Å². The van der Waals surface area contributed by atoms with E-state index in [2.05, 4.69) is 10.6 Å². The van der Waals surface area contributed by atoms with Gasteiger partial charge in [0.05, 0.1) is 5.92 Å². The van der Waals surface area contributed by atoms with E-state index in [-0.39, 0.29) is 30.4 Å². The van der Waals surface area contributed by atoms with Gasteiger partial charge in [0.2, 0.25) is 5.91 Å². The van der Waals surface area contributed by atoms with Crippen LogP contribution in [-0.4, -0.2) is 54.1 Å². The van der Waals surface area contributed by atoms with E-state index in [4.69, 9.17) is 5.11 Å². The second-order valence-corrected chi connectivity index (χ2v) is 5.16. The summed E-state index contributed by atoms with van der Waals surface area (Å²) >= 11 is 0. The van der Waals surface area contributed by atoms with E-state index in [1.165, 1.54) is 4.90 Å². The SMILES string of the molecule is CCNC(=O)CN(C)C(=O)NC1CCCC(C(=O)O)C1. The molecule has 2 unspecified atom stereocenters. The minimum atomic E-state index is -0.806. The molecule has 1 aliphatic rings. The van der Waals surface area contributed by atoms with Crippen LogP contribution in [0.5, 0.6) is 0 Å². The van der Waals surface area contributed by atoms with Gasteiger partial charge in [0.1, 0.15) is 6.54 Å². The summed E-state index contributed by atoms with van der Waals surface area (Å²) in [7, 11) is 1.54. The molecule has 0 aromatic heterocycles. The van der Waals surface area contributed by atoms with Gasteiger partial charge < -0.3 is 20.6 Å². The number of aliphatic carboxylic acids is 1. The molecular weight excluding hydrogens is 262 g/mol. The Labute approximate surface area is 118 Å². The summed E-state index contributed by atoms with van der Waals surface area (Å²) in [6, 6.07) is -0.471. The fourth-order valence-corrected chi connectivity index (χ4v) is 2.37. The largest absolute Gasteiger partial charge is 0.481 e. The van der Waals surface area contributed by atoms with Gasteiger partial charge in [0, 0.05) is 19.6 Å². The van der Waals surface area contributed by atoms with Gasteiger partial charge in [-0.25, -0.2) is 4.79 Å². The van der Waals surface area contributed by atoms with E-state index in [0.717, 1.165) is 12.8 Å². The van der Waals surface area contributed by atoms with Gasteiger partial charge in [-0.05, 0) is 26.2 Å². The molecule has 20 heavy (non-hydrogen) atoms. The molecule has 7 heteroatoms. The zero-order chi connectivity index (χ0) is 15.1. The quantitative estimate of drug-likeness (QED) is 0.681. The molecule has 0 heterocycles. The van der Waals surface area contributed by atoms with Gasteiger partial charge >= 0.3 is 12.0 Å². The molecule has 0 aromatic carbocycles. The van der Waals surface area contributed by atoms with Crippen LogP contribution in [0.2, 0.25) is 0 Å². The van der Waals surface area contributed by atoms with Crippen molar-refractivity contribution in [3.05, 3.63) is 0 Å². The molecule has 2 atom stereocenters. The summed E-state index contributed by atoms with van der Waals surface area (Å²) < 4.78 is 0. The summed E-state index contributed by atoms with van der Waals surface area (Å²) in [5.74, 6) is -1.40. The molecule has 7 nitrogen and oxygen atoms in total. The third kappa shape index (κ3) is 5.07. The summed E-state index contributed by atoms with van der Waals surface area (Å²) in [5, 5.41) is 14.4. The summed E-state index contributed by atoms with van der Waals surface area (Å²) in [5.41, 5.74) is 0. The van der Waals surface area contributed by atoms with E-state index in [9.17, 15) is 14.4 Å². The maximum Gasteiger partial charge on any atom is 0.317 e. The first-order valence-electron chi connectivity index (χ1n) is 6.95. The average Bonchev–Trinajstić information content (AvgIpc) is 2.39. The van der Waals surface area contributed by atoms with Crippen molar-refractivity contribution in [2.45, 2.75) is 38.6 Å². The number of carboxylic acids is 1. The summed E-state index contributed by atoms with van der Waals surface area (Å²) in [4.78, 5) is 35.6. The lowest BCUT2D eigenvalue weighted by Gasteiger charge is -2.29. The lowest BCUT2D eigenvalue weighted by Crippen LogP contribution is -2.48. The Bertz CT molecular complexity index is 373. The molecule has 1 aliphatic carbocycles. The lowest BCUT2D eigenvalue weighted by molar-refractivity contribution is -0.143. The highest BCUT2D eigenvalue weighted by molar-refractivity contribution is 5.83. The highest BCUT2D eigenvalue weighted by Crippen LogP contribution is 2.24. The van der Waals surface area contributed by atoms with Crippen LogP contribution in [0, 0.1) is 5.92 Å². The zero-order valence-corrected chi connectivity index (χ0v) is 12.0. The van der Waals surface area contributed by atoms with E-state index in [1.54, 1.807) is 7.05 Å². The first kappa shape index (κ1) is 16.3. The highest BCUT2D eigenvalue weighted by atomic mass is 16.4. The van der Waals surface area contributed by atoms with Crippen molar-refractivity contribution in [2.75, 3.05) is 20.1 Å². The van der Waals surface area contributed by atoms with Crippen LogP contribution >= 0.6 is 0 Å². The average molecular weight is 285 g/mol. The molecule has 0 saturated heterocycles. The maximum atomic E-state index is 11.9. The predicted molar refractivity (Wildman–Crippen MR) is 73.2 cm³/mol. The molecule has 114 valence electrons. The van der Waals surface area contributed by atoms with Gasteiger partial charge in [0.15, 0.2) is 0 Å². The molecule has 1 fully saturated rings. The summed E-state index contributed by atoms with van der Waals surface area (Å²) in [6.07, 6.45) is 2.69. The van der Waals surface area contributed by atoms with Crippen LogP contribution in [-0.2, 0) is 9.59 Å². The Morgan fingerprint density at radius 3 is 2.60 bits per heavy atom. The number of rotatable bonds is 5. The van der Waals surface area contributed by atoms with Crippen LogP contribution in [0.3, 0.4) is 0 Å². The number of carbonyl (C=O) groups excluding carboxylic acids is 2. The van der Waals surface area contributed by atoms with Crippen LogP contribution in [0.15, 0.2) is 0 Å². The Balaban J connectivity index is 2.41. The van der Waals surface area contributed by atoms with Crippen molar-refractivity contribution in [2.24, 2.45) is 5.92 Å². The van der Waals surface area contributed by atoms with Crippen molar-refractivity contribution >= 4 is 17.9 Å². The van der Waals surface area contributed by atoms with Crippen molar-refractivity contribution in [3.8, 4) is 0 Å². The van der Waals surface area contributed by atoms with Gasteiger partial charge in [-0.1, -0.05) is 6.42 Å². The first-order chi connectivity index (χ1) is 9.43. The fraction of sp³-hybridized carbons (Fsp3) is 0.769. The van der Waals surface area contributed by atoms with Crippen molar-refractivity contribution in [1.29, 1.82) is 0 Å². The Hall–Kier alpha value is -1.79. The molecule has 0 spiro atoms. The minimum absolute atomic E-state index is 0.00521. The number of carboxylic acid groups (broad SMARTS) is 1. The van der Waals surface area contributed by atoms with E-state index in [1.807, 2.05) is 6.92 Å². The third-order valence-corrected chi connectivity index (χ3v) is 3.45. The number of carbonyl (C=O) groups is 3. The number of urea groups is 1. The smallest absolute Gasteiger partial charge is 0.317 e. The number of nitrogens with one attached hydrogen (secondary N) is 2. The van der Waals surface area contributed by atoms with Crippen LogP contribution in [0.4, 0.5) is 4.79 Å². The molecule has 1 saturated carbocycles. The normalized spacial score (nSPS) is 21.9. The van der Waals surface area contributed by atoms with Gasteiger partial charge in [-0.2, -0.15) is 0 Å². The van der Waals surface area contributed by atoms with Crippen molar-refractivity contribution in [3.63, 3.8) is 0 Å². The zero-order valence-electron chi connectivity index (χ0n) is 12.0. The predicted octanol–water partition coefficient (Wildman–Crippen LogP) is 0.407. The Morgan fingerprint density at radius 2 is 2.00 bits per heavy atom. The van der Waals surface area contributed by atoms with E-state index < -0.39 is 5.97 Å². The topological polar surface area (TPSA) is 98.7 Å². The standard InChI is InChI=1S/C13H23N3O4/c1-3-14-11(17)8-16(2)13(20)15-10-6-4-5-9(7-10)12(18)19/h9-10H,3-8H2,1-2H3,(H,14,17)(H,15,20)(H,18,19). The second kappa shape index (κ2) is 7.72. The van der Waals surface area contributed by atoms with Gasteiger partial charge in [-0.15, -0.1) is 0 Å². The van der Waals surface area contributed by atoms with Gasteiger partial charge in [-0.3, -0.25) is 9.59 Å². The molecule has 3 amide bonds. The Morgan fingerprint density at radius 1 is 1.30 bits per heavy atom. The number of hydrogen-bond acceptors (Lipinski definition) is 3. The molecule has 3 N–H and O–H groups in total. The lowest BCUT2D eigenvalue weighted by atomic mass is 9.86. The number of likely N-dealkylation sites (N-methyl/N-ethyl adjacent to an activating group) is 2. The Kier molecular flexibility index (Phi) is 6.27. The molecule has 0 aliphatic heterocycles. The molecular formula is C13H23N3O4. The third-order valence-electron chi connectivity index (χ3n) is 3.45. The van der Waals surface area contributed by atoms with Gasteiger partial charge in [0.25, 0.3) is 0 Å². The molecule has 0 radical (unpaired) electrons. The van der Waals surface area contributed by atoms with Crippen LogP contribution in [0.25, 0.3) is 0 Å². The van der Waals surface area contributed by atoms with Crippen molar-refractivity contribution in [1.82, 2.24) is 15.5 Å². The monoisotopic (exact) mass is 285 g/mol. The van der Waals surface area contributed by atoms with E-state index >= 15 is 0 Å². The molecule has 0 aromatic rings. The molecule has 0 bridgehead atoms. The highest BCUT2D eigenvalue weighted by Gasteiger charge is 2.28. The fourth-order valence-electron chi connectivity index (χ4n) is 2.37. The number of nitrogens with zero attached hydrogens (tertiary/aromatic N) is 1. The summed E-state index contributed by atoms with van der Waals surface area (Å²) in [6.45, 7) is 2.33. The number of hydrogen-bond donors (Lipinski definition) is 3. The van der Waals surface area contributed by atoms with Crippen LogP contribution in [0.1, 0.15) is 32.6 Å². The number of amides is 3. The van der Waals surface area contributed by atoms with Crippen molar-refractivity contribution < 1.29 is 19.5 Å². The first-order valence-corrected chi connectivity index (χ1v) is 6.95. The minimum Gasteiger partial charge on any atom is -0.481 e. The van der Waals surface area contributed by atoms with E-state index in [0.29, 0.717) is 19.4 Å². The maximum absolute atomic E-state index is 11.9. The molecule has 1 rings (SSSR count). The second-order valence-electron chi connectivity index (χ2n) is 5.16.